The topological polar surface area (TPSA) is 63.6 Å². The lowest BCUT2D eigenvalue weighted by Crippen LogP contribution is -2.43. The van der Waals surface area contributed by atoms with Crippen LogP contribution in [-0.2, 0) is 10.0 Å². The Hall–Kier alpha value is -2.14. The van der Waals surface area contributed by atoms with E-state index in [4.69, 9.17) is 23.2 Å². The van der Waals surface area contributed by atoms with Gasteiger partial charge >= 0.3 is 6.36 Å². The van der Waals surface area contributed by atoms with Crippen molar-refractivity contribution in [1.82, 2.24) is 9.29 Å². The fourth-order valence-electron chi connectivity index (χ4n) is 3.57. The Labute approximate surface area is 186 Å². The second-order valence-corrected chi connectivity index (χ2v) is 9.45. The molecular weight excluding hydrogens is 478 g/mol. The van der Waals surface area contributed by atoms with E-state index in [9.17, 15) is 21.6 Å². The zero-order chi connectivity index (χ0) is 22.4. The molecule has 6 nitrogen and oxygen atoms in total. The van der Waals surface area contributed by atoms with E-state index in [1.165, 1.54) is 18.3 Å². The highest BCUT2D eigenvalue weighted by Crippen LogP contribution is 2.38. The van der Waals surface area contributed by atoms with Crippen molar-refractivity contribution in [2.24, 2.45) is 0 Å². The van der Waals surface area contributed by atoms with Gasteiger partial charge in [0.15, 0.2) is 5.75 Å². The third-order valence-electron chi connectivity index (χ3n) is 4.86. The lowest BCUT2D eigenvalue weighted by Gasteiger charge is -2.30. The highest BCUT2D eigenvalue weighted by atomic mass is 35.5. The lowest BCUT2D eigenvalue weighted by atomic mass is 10.2. The normalized spacial score (nSPS) is 15.5. The van der Waals surface area contributed by atoms with E-state index in [0.717, 1.165) is 29.2 Å². The van der Waals surface area contributed by atoms with Crippen LogP contribution in [0.3, 0.4) is 0 Å². The number of anilines is 1. The van der Waals surface area contributed by atoms with Crippen molar-refractivity contribution >= 4 is 49.8 Å². The van der Waals surface area contributed by atoms with Gasteiger partial charge in [-0.2, -0.15) is 0 Å². The van der Waals surface area contributed by atoms with E-state index in [-0.39, 0.29) is 10.5 Å². The zero-order valence-electron chi connectivity index (χ0n) is 15.8. The average Bonchev–Trinajstić information content (AvgIpc) is 3.12. The molecule has 2 heterocycles. The van der Waals surface area contributed by atoms with Crippen molar-refractivity contribution in [2.45, 2.75) is 11.3 Å². The first-order valence-electron chi connectivity index (χ1n) is 9.14. The minimum absolute atomic E-state index is 0.0941. The van der Waals surface area contributed by atoms with Gasteiger partial charge in [0.2, 0.25) is 0 Å². The van der Waals surface area contributed by atoms with Gasteiger partial charge in [-0.15, -0.1) is 13.2 Å². The molecule has 1 saturated heterocycles. The number of hydrogen-bond donors (Lipinski definition) is 1. The van der Waals surface area contributed by atoms with Gasteiger partial charge in [-0.1, -0.05) is 23.2 Å². The summed E-state index contributed by atoms with van der Waals surface area (Å²) in [7, 11) is -4.44. The van der Waals surface area contributed by atoms with Crippen LogP contribution in [0.25, 0.3) is 10.9 Å². The molecule has 166 valence electrons. The first-order valence-corrected chi connectivity index (χ1v) is 11.3. The molecule has 1 N–H and O–H groups in total. The summed E-state index contributed by atoms with van der Waals surface area (Å²) < 4.78 is 70.0. The number of rotatable bonds is 4. The van der Waals surface area contributed by atoms with Gasteiger partial charge in [0.25, 0.3) is 10.0 Å². The van der Waals surface area contributed by atoms with Gasteiger partial charge < -0.3 is 15.0 Å². The monoisotopic (exact) mass is 493 g/mol. The van der Waals surface area contributed by atoms with E-state index in [2.05, 4.69) is 10.1 Å². The Balaban J connectivity index is 1.86. The predicted molar refractivity (Wildman–Crippen MR) is 113 cm³/mol. The van der Waals surface area contributed by atoms with Gasteiger partial charge in [-0.3, -0.25) is 0 Å². The van der Waals surface area contributed by atoms with Crippen LogP contribution in [0, 0.1) is 0 Å². The highest BCUT2D eigenvalue weighted by Gasteiger charge is 2.35. The number of halogens is 5. The summed E-state index contributed by atoms with van der Waals surface area (Å²) in [5, 5.41) is 4.17. The van der Waals surface area contributed by atoms with Crippen LogP contribution in [0.4, 0.5) is 18.9 Å². The second kappa shape index (κ2) is 8.09. The number of fused-ring (bicyclic) bond motifs is 1. The van der Waals surface area contributed by atoms with Crippen molar-refractivity contribution in [3.63, 3.8) is 0 Å². The van der Waals surface area contributed by atoms with Crippen LogP contribution >= 0.6 is 23.2 Å². The minimum atomic E-state index is -5.09. The van der Waals surface area contributed by atoms with Crippen molar-refractivity contribution < 1.29 is 26.3 Å². The second-order valence-electron chi connectivity index (χ2n) is 6.82. The molecule has 1 aromatic heterocycles. The summed E-state index contributed by atoms with van der Waals surface area (Å²) in [5.74, 6) is -0.904. The molecule has 3 aromatic rings. The van der Waals surface area contributed by atoms with Gasteiger partial charge in [-0.25, -0.2) is 12.4 Å². The fourth-order valence-corrected chi connectivity index (χ4v) is 5.47. The van der Waals surface area contributed by atoms with Crippen LogP contribution in [-0.4, -0.2) is 44.9 Å². The third-order valence-corrected chi connectivity index (χ3v) is 7.13. The van der Waals surface area contributed by atoms with Crippen LogP contribution in [0.5, 0.6) is 5.75 Å². The molecule has 1 fully saturated rings. The Kier molecular flexibility index (Phi) is 5.76. The van der Waals surface area contributed by atoms with E-state index < -0.39 is 27.0 Å². The summed E-state index contributed by atoms with van der Waals surface area (Å²) in [4.78, 5) is 1.38. The van der Waals surface area contributed by atoms with Gasteiger partial charge in [0, 0.05) is 48.9 Å². The van der Waals surface area contributed by atoms with E-state index >= 15 is 0 Å². The number of piperazine rings is 1. The molecule has 4 rings (SSSR count). The standard InChI is InChI=1S/C19H16Cl2F3N3O3S/c20-12-1-4-17(16(11-12)30-19(22,23)24)31(28,29)27-8-5-13-15(27)3-2-14(21)18(13)26-9-6-25-7-10-26/h1-5,8,11,25H,6-7,9-10H2. The van der Waals surface area contributed by atoms with Gasteiger partial charge in [0.1, 0.15) is 4.90 Å². The number of ether oxygens (including phenoxy) is 1. The van der Waals surface area contributed by atoms with Gasteiger partial charge in [0.05, 0.1) is 16.2 Å². The molecule has 2 aromatic carbocycles. The maximum atomic E-state index is 13.3. The summed E-state index contributed by atoms with van der Waals surface area (Å²) >= 11 is 12.2. The molecular formula is C19H16Cl2F3N3O3S. The first kappa shape index (κ1) is 22.1. The third kappa shape index (κ3) is 4.30. The maximum absolute atomic E-state index is 13.3. The first-order chi connectivity index (χ1) is 14.6. The molecule has 0 spiro atoms. The Morgan fingerprint density at radius 2 is 1.74 bits per heavy atom. The molecule has 12 heteroatoms. The molecule has 0 amide bonds. The summed E-state index contributed by atoms with van der Waals surface area (Å²) in [6, 6.07) is 7.65. The van der Waals surface area contributed by atoms with Crippen LogP contribution in [0.15, 0.2) is 47.5 Å². The van der Waals surface area contributed by atoms with Crippen LogP contribution in [0.2, 0.25) is 10.0 Å². The largest absolute Gasteiger partial charge is 0.573 e. The van der Waals surface area contributed by atoms with E-state index in [1.807, 2.05) is 4.90 Å². The SMILES string of the molecule is O=S(=O)(c1ccc(Cl)cc1OC(F)(F)F)n1ccc2c(N3CCNCC3)c(Cl)ccc21. The summed E-state index contributed by atoms with van der Waals surface area (Å²) in [6.07, 6.45) is -3.80. The maximum Gasteiger partial charge on any atom is 0.573 e. The summed E-state index contributed by atoms with van der Waals surface area (Å²) in [5.41, 5.74) is 0.961. The number of hydrogen-bond acceptors (Lipinski definition) is 5. The predicted octanol–water partition coefficient (Wildman–Crippen LogP) is 4.49. The Morgan fingerprint density at radius 1 is 1.03 bits per heavy atom. The van der Waals surface area contributed by atoms with Crippen molar-refractivity contribution in [2.75, 3.05) is 31.1 Å². The molecule has 31 heavy (non-hydrogen) atoms. The Bertz CT molecular complexity index is 1240. The molecule has 1 aliphatic heterocycles. The number of alkyl halides is 3. The molecule has 0 unspecified atom stereocenters. The molecule has 0 bridgehead atoms. The minimum Gasteiger partial charge on any atom is -0.404 e. The number of benzene rings is 2. The molecule has 0 aliphatic carbocycles. The van der Waals surface area contributed by atoms with Crippen LogP contribution in [0.1, 0.15) is 0 Å². The van der Waals surface area contributed by atoms with Crippen molar-refractivity contribution in [3.8, 4) is 5.75 Å². The molecule has 0 atom stereocenters. The number of nitrogens with one attached hydrogen (secondary N) is 1. The molecule has 0 saturated carbocycles. The molecule has 1 aliphatic rings. The lowest BCUT2D eigenvalue weighted by molar-refractivity contribution is -0.275. The quantitative estimate of drug-likeness (QED) is 0.579. The smallest absolute Gasteiger partial charge is 0.404 e. The Morgan fingerprint density at radius 3 is 2.42 bits per heavy atom. The van der Waals surface area contributed by atoms with Crippen LogP contribution < -0.4 is 15.0 Å². The average molecular weight is 494 g/mol. The number of aromatic nitrogens is 1. The van der Waals surface area contributed by atoms with Gasteiger partial charge in [-0.05, 0) is 30.3 Å². The van der Waals surface area contributed by atoms with E-state index in [1.54, 1.807) is 12.1 Å². The zero-order valence-corrected chi connectivity index (χ0v) is 18.1. The van der Waals surface area contributed by atoms with Crippen molar-refractivity contribution in [1.29, 1.82) is 0 Å². The molecule has 0 radical (unpaired) electrons. The van der Waals surface area contributed by atoms with Crippen molar-refractivity contribution in [3.05, 3.63) is 52.6 Å². The fraction of sp³-hybridized carbons (Fsp3) is 0.263. The van der Waals surface area contributed by atoms with E-state index in [0.29, 0.717) is 29.2 Å². The summed E-state index contributed by atoms with van der Waals surface area (Å²) in [6.45, 7) is 2.85. The highest BCUT2D eigenvalue weighted by molar-refractivity contribution is 7.90. The number of nitrogens with zero attached hydrogens (tertiary/aromatic N) is 2.